The highest BCUT2D eigenvalue weighted by atomic mass is 79.9. The predicted octanol–water partition coefficient (Wildman–Crippen LogP) is 0.0503. The number of amides is 1. The zero-order chi connectivity index (χ0) is 10.7. The van der Waals surface area contributed by atoms with E-state index >= 15 is 0 Å². The van der Waals surface area contributed by atoms with E-state index in [1.54, 1.807) is 18.2 Å². The van der Waals surface area contributed by atoms with E-state index < -0.39 is 0 Å². The van der Waals surface area contributed by atoms with Crippen LogP contribution in [-0.2, 0) is 0 Å². The monoisotopic (exact) mass is 270 g/mol. The average molecular weight is 271 g/mol. The van der Waals surface area contributed by atoms with E-state index in [4.69, 9.17) is 0 Å². The van der Waals surface area contributed by atoms with Crippen LogP contribution in [0.15, 0.2) is 22.8 Å². The lowest BCUT2D eigenvalue weighted by atomic mass is 10.3. The Morgan fingerprint density at radius 1 is 1.47 bits per heavy atom. The quantitative estimate of drug-likeness (QED) is 0.665. The molecule has 15 heavy (non-hydrogen) atoms. The van der Waals surface area contributed by atoms with E-state index in [1.807, 2.05) is 0 Å². The van der Waals surface area contributed by atoms with Crippen molar-refractivity contribution in [2.45, 2.75) is 6.04 Å². The largest absolute Gasteiger partial charge is 0.345 e. The molecule has 80 valence electrons. The van der Waals surface area contributed by atoms with Gasteiger partial charge in [0.1, 0.15) is 10.3 Å². The first kappa shape index (κ1) is 10.5. The van der Waals surface area contributed by atoms with Crippen LogP contribution < -0.4 is 16.2 Å². The number of hydrazine groups is 1. The van der Waals surface area contributed by atoms with Gasteiger partial charge in [-0.15, -0.1) is 0 Å². The number of nitrogens with zero attached hydrogens (tertiary/aromatic N) is 1. The molecule has 1 aliphatic heterocycles. The Kier molecular flexibility index (Phi) is 3.30. The molecule has 1 amide bonds. The van der Waals surface area contributed by atoms with Crippen molar-refractivity contribution in [1.29, 1.82) is 0 Å². The van der Waals surface area contributed by atoms with Gasteiger partial charge in [-0.25, -0.2) is 4.98 Å². The molecule has 0 unspecified atom stereocenters. The Labute approximate surface area is 95.8 Å². The number of carbonyl (C=O) groups excluding carboxylic acids is 1. The summed E-state index contributed by atoms with van der Waals surface area (Å²) in [6.45, 7) is 1.47. The molecular weight excluding hydrogens is 260 g/mol. The summed E-state index contributed by atoms with van der Waals surface area (Å²) < 4.78 is 0.665. The fraction of sp³-hybridized carbons (Fsp3) is 0.333. The second-order valence-corrected chi connectivity index (χ2v) is 4.09. The topological polar surface area (TPSA) is 66.1 Å². The smallest absolute Gasteiger partial charge is 0.270 e. The Morgan fingerprint density at radius 2 is 2.20 bits per heavy atom. The lowest BCUT2D eigenvalue weighted by molar-refractivity contribution is 0.0936. The minimum atomic E-state index is -0.146. The highest BCUT2D eigenvalue weighted by Crippen LogP contribution is 2.06. The van der Waals surface area contributed by atoms with Gasteiger partial charge < -0.3 is 5.32 Å². The number of hydrogen-bond acceptors (Lipinski definition) is 4. The summed E-state index contributed by atoms with van der Waals surface area (Å²) in [5.41, 5.74) is 6.32. The van der Waals surface area contributed by atoms with Gasteiger partial charge in [0.15, 0.2) is 0 Å². The molecule has 0 spiro atoms. The Balaban J connectivity index is 2.01. The number of hydrogen-bond donors (Lipinski definition) is 3. The molecule has 0 bridgehead atoms. The Bertz CT molecular complexity index is 365. The van der Waals surface area contributed by atoms with Crippen LogP contribution in [0.4, 0.5) is 0 Å². The summed E-state index contributed by atoms with van der Waals surface area (Å²) in [7, 11) is 0. The van der Waals surface area contributed by atoms with Crippen LogP contribution in [-0.4, -0.2) is 30.0 Å². The number of pyridine rings is 1. The van der Waals surface area contributed by atoms with Gasteiger partial charge in [0.25, 0.3) is 5.91 Å². The standard InChI is InChI=1S/C9H11BrN4O/c10-8-3-1-2-7(14-8)9(15)13-6-4-11-12-5-6/h1-3,6,11-12H,4-5H2,(H,13,15). The molecule has 6 heteroatoms. The minimum Gasteiger partial charge on any atom is -0.345 e. The third kappa shape index (κ3) is 2.74. The van der Waals surface area contributed by atoms with Crippen LogP contribution in [0.25, 0.3) is 0 Å². The summed E-state index contributed by atoms with van der Waals surface area (Å²) >= 11 is 3.23. The van der Waals surface area contributed by atoms with Crippen molar-refractivity contribution in [2.75, 3.05) is 13.1 Å². The maximum atomic E-state index is 11.7. The van der Waals surface area contributed by atoms with Gasteiger partial charge in [-0.1, -0.05) is 6.07 Å². The molecule has 0 aliphatic carbocycles. The van der Waals surface area contributed by atoms with Crippen molar-refractivity contribution in [3.8, 4) is 0 Å². The van der Waals surface area contributed by atoms with Crippen LogP contribution in [0.2, 0.25) is 0 Å². The highest BCUT2D eigenvalue weighted by Gasteiger charge is 2.17. The van der Waals surface area contributed by atoms with E-state index in [-0.39, 0.29) is 11.9 Å². The zero-order valence-corrected chi connectivity index (χ0v) is 9.54. The van der Waals surface area contributed by atoms with E-state index in [2.05, 4.69) is 37.1 Å². The molecule has 1 aromatic rings. The summed E-state index contributed by atoms with van der Waals surface area (Å²) in [5.74, 6) is -0.146. The number of halogens is 1. The molecule has 1 aliphatic rings. The van der Waals surface area contributed by atoms with Gasteiger partial charge in [-0.05, 0) is 28.1 Å². The summed E-state index contributed by atoms with van der Waals surface area (Å²) in [4.78, 5) is 15.8. The van der Waals surface area contributed by atoms with Crippen LogP contribution in [0, 0.1) is 0 Å². The molecule has 1 fully saturated rings. The summed E-state index contributed by atoms with van der Waals surface area (Å²) in [6, 6.07) is 5.39. The molecule has 3 N–H and O–H groups in total. The first-order valence-electron chi connectivity index (χ1n) is 4.65. The van der Waals surface area contributed by atoms with Crippen molar-refractivity contribution in [3.05, 3.63) is 28.5 Å². The Morgan fingerprint density at radius 3 is 2.87 bits per heavy atom. The van der Waals surface area contributed by atoms with Crippen molar-refractivity contribution in [1.82, 2.24) is 21.2 Å². The number of aromatic nitrogens is 1. The number of nitrogens with one attached hydrogen (secondary N) is 3. The van der Waals surface area contributed by atoms with Crippen LogP contribution in [0.3, 0.4) is 0 Å². The third-order valence-electron chi connectivity index (χ3n) is 2.10. The normalized spacial score (nSPS) is 16.6. The molecule has 5 nitrogen and oxygen atoms in total. The maximum absolute atomic E-state index is 11.7. The summed E-state index contributed by atoms with van der Waals surface area (Å²) in [5, 5.41) is 2.88. The lowest BCUT2D eigenvalue weighted by Gasteiger charge is -2.09. The summed E-state index contributed by atoms with van der Waals surface area (Å²) in [6.07, 6.45) is 0. The van der Waals surface area contributed by atoms with Crippen LogP contribution in [0.1, 0.15) is 10.5 Å². The molecule has 2 heterocycles. The molecule has 0 aromatic carbocycles. The van der Waals surface area contributed by atoms with Gasteiger partial charge in [-0.2, -0.15) is 0 Å². The second kappa shape index (κ2) is 4.69. The third-order valence-corrected chi connectivity index (χ3v) is 2.55. The molecule has 0 atom stereocenters. The predicted molar refractivity (Wildman–Crippen MR) is 59.2 cm³/mol. The van der Waals surface area contributed by atoms with Crippen LogP contribution in [0.5, 0.6) is 0 Å². The first-order valence-corrected chi connectivity index (χ1v) is 5.44. The first-order chi connectivity index (χ1) is 7.25. The maximum Gasteiger partial charge on any atom is 0.270 e. The van der Waals surface area contributed by atoms with E-state index in [0.717, 1.165) is 13.1 Å². The van der Waals surface area contributed by atoms with Crippen molar-refractivity contribution in [2.24, 2.45) is 0 Å². The fourth-order valence-electron chi connectivity index (χ4n) is 1.36. The zero-order valence-electron chi connectivity index (χ0n) is 7.96. The number of rotatable bonds is 2. The number of carbonyl (C=O) groups is 1. The molecule has 2 rings (SSSR count). The highest BCUT2D eigenvalue weighted by molar-refractivity contribution is 9.10. The fourth-order valence-corrected chi connectivity index (χ4v) is 1.70. The minimum absolute atomic E-state index is 0.123. The SMILES string of the molecule is O=C(NC1CNNC1)c1cccc(Br)n1. The lowest BCUT2D eigenvalue weighted by Crippen LogP contribution is -2.38. The second-order valence-electron chi connectivity index (χ2n) is 3.28. The Hall–Kier alpha value is -0.980. The van der Waals surface area contributed by atoms with Crippen LogP contribution >= 0.6 is 15.9 Å². The average Bonchev–Trinajstić information content (AvgIpc) is 2.70. The van der Waals surface area contributed by atoms with Gasteiger partial charge in [0.2, 0.25) is 0 Å². The van der Waals surface area contributed by atoms with Crippen molar-refractivity contribution < 1.29 is 4.79 Å². The van der Waals surface area contributed by atoms with E-state index in [0.29, 0.717) is 10.3 Å². The van der Waals surface area contributed by atoms with Gasteiger partial charge in [0.05, 0.1) is 6.04 Å². The van der Waals surface area contributed by atoms with Gasteiger partial charge in [0, 0.05) is 13.1 Å². The molecule has 1 saturated heterocycles. The molecule has 0 saturated carbocycles. The molecular formula is C9H11BrN4O. The molecule has 0 radical (unpaired) electrons. The van der Waals surface area contributed by atoms with Crippen molar-refractivity contribution >= 4 is 21.8 Å². The van der Waals surface area contributed by atoms with E-state index in [9.17, 15) is 4.79 Å². The van der Waals surface area contributed by atoms with E-state index in [1.165, 1.54) is 0 Å². The van der Waals surface area contributed by atoms with Gasteiger partial charge in [-0.3, -0.25) is 15.6 Å². The van der Waals surface area contributed by atoms with Crippen molar-refractivity contribution in [3.63, 3.8) is 0 Å². The molecule has 1 aromatic heterocycles. The van der Waals surface area contributed by atoms with Gasteiger partial charge >= 0.3 is 0 Å².